The molecule has 2 unspecified atom stereocenters. The molecule has 0 radical (unpaired) electrons. The van der Waals surface area contributed by atoms with Crippen LogP contribution in [0.25, 0.3) is 5.65 Å². The Hall–Kier alpha value is -2.57. The van der Waals surface area contributed by atoms with E-state index in [2.05, 4.69) is 54.1 Å². The molecule has 0 bridgehead atoms. The van der Waals surface area contributed by atoms with Crippen LogP contribution in [0.2, 0.25) is 0 Å². The zero-order chi connectivity index (χ0) is 18.1. The van der Waals surface area contributed by atoms with Gasteiger partial charge in [0.2, 0.25) is 0 Å². The van der Waals surface area contributed by atoms with Crippen molar-refractivity contribution in [2.24, 2.45) is 11.8 Å². The van der Waals surface area contributed by atoms with Crippen LogP contribution < -0.4 is 15.7 Å². The summed E-state index contributed by atoms with van der Waals surface area (Å²) < 4.78 is 1.89. The number of pyridine rings is 1. The molecule has 4 rings (SSSR count). The van der Waals surface area contributed by atoms with Crippen molar-refractivity contribution in [1.82, 2.24) is 19.6 Å². The van der Waals surface area contributed by atoms with Crippen LogP contribution in [0.15, 0.2) is 36.8 Å². The van der Waals surface area contributed by atoms with E-state index in [0.29, 0.717) is 18.4 Å². The molecule has 0 saturated carbocycles. The standard InChI is InChI=1S/C19H25BN6/c1-13-6-14(2)12-25(11-13)18-7-17(22-9-15-4-3-5-21-8-15)26-19(24-18)16(20)10-23-26/h3-5,7-8,10,13-14,22H,6,9,11-12,20H2,1-2H3. The van der Waals surface area contributed by atoms with E-state index in [1.165, 1.54) is 6.42 Å². The fraction of sp³-hybridized carbons (Fsp3) is 0.421. The SMILES string of the molecule is Bc1cnn2c(NCc3cccnc3)cc(N3CC(C)CC(C)C3)nc12. The van der Waals surface area contributed by atoms with Crippen LogP contribution >= 0.6 is 0 Å². The fourth-order valence-electron chi connectivity index (χ4n) is 3.89. The van der Waals surface area contributed by atoms with Crippen molar-refractivity contribution < 1.29 is 0 Å². The van der Waals surface area contributed by atoms with Crippen LogP contribution in [0, 0.1) is 11.8 Å². The summed E-state index contributed by atoms with van der Waals surface area (Å²) in [6.07, 6.45) is 6.84. The van der Waals surface area contributed by atoms with E-state index >= 15 is 0 Å². The first-order valence-electron chi connectivity index (χ1n) is 9.33. The normalized spacial score (nSPS) is 20.5. The zero-order valence-electron chi connectivity index (χ0n) is 15.7. The topological polar surface area (TPSA) is 58.4 Å². The van der Waals surface area contributed by atoms with Crippen LogP contribution in [0.5, 0.6) is 0 Å². The first-order valence-corrected chi connectivity index (χ1v) is 9.33. The number of aromatic nitrogens is 4. The molecule has 1 aliphatic rings. The van der Waals surface area contributed by atoms with E-state index in [9.17, 15) is 0 Å². The lowest BCUT2D eigenvalue weighted by atomic mass is 9.92. The molecule has 1 aliphatic heterocycles. The second-order valence-corrected chi connectivity index (χ2v) is 7.63. The van der Waals surface area contributed by atoms with Gasteiger partial charge in [-0.3, -0.25) is 4.98 Å². The van der Waals surface area contributed by atoms with E-state index < -0.39 is 0 Å². The van der Waals surface area contributed by atoms with Crippen LogP contribution in [-0.2, 0) is 6.54 Å². The molecule has 2 atom stereocenters. The number of nitrogens with one attached hydrogen (secondary N) is 1. The molecule has 4 heterocycles. The van der Waals surface area contributed by atoms with E-state index in [4.69, 9.17) is 4.98 Å². The third-order valence-corrected chi connectivity index (χ3v) is 5.02. The molecule has 0 amide bonds. The van der Waals surface area contributed by atoms with Crippen molar-refractivity contribution in [1.29, 1.82) is 0 Å². The molecule has 7 heteroatoms. The Kier molecular flexibility index (Phi) is 4.53. The Bertz CT molecular complexity index is 884. The second kappa shape index (κ2) is 6.98. The first-order chi connectivity index (χ1) is 12.6. The van der Waals surface area contributed by atoms with E-state index in [0.717, 1.165) is 41.4 Å². The Labute approximate surface area is 155 Å². The Morgan fingerprint density at radius 2 is 2.04 bits per heavy atom. The number of anilines is 2. The molecular weight excluding hydrogens is 323 g/mol. The number of nitrogens with zero attached hydrogens (tertiary/aromatic N) is 5. The summed E-state index contributed by atoms with van der Waals surface area (Å²) >= 11 is 0. The van der Waals surface area contributed by atoms with Crippen molar-refractivity contribution >= 4 is 30.6 Å². The number of hydrogen-bond acceptors (Lipinski definition) is 5. The Morgan fingerprint density at radius 3 is 2.77 bits per heavy atom. The van der Waals surface area contributed by atoms with Gasteiger partial charge >= 0.3 is 0 Å². The minimum Gasteiger partial charge on any atom is -0.366 e. The maximum Gasteiger partial charge on any atom is 0.153 e. The molecule has 3 aromatic heterocycles. The van der Waals surface area contributed by atoms with Gasteiger partial charge in [-0.25, -0.2) is 4.98 Å². The molecule has 0 aromatic carbocycles. The highest BCUT2D eigenvalue weighted by molar-refractivity contribution is 6.36. The molecule has 1 N–H and O–H groups in total. The average Bonchev–Trinajstić information content (AvgIpc) is 3.01. The lowest BCUT2D eigenvalue weighted by Crippen LogP contribution is -2.39. The highest BCUT2D eigenvalue weighted by atomic mass is 15.3. The van der Waals surface area contributed by atoms with E-state index in [-0.39, 0.29) is 0 Å². The number of rotatable bonds is 4. The van der Waals surface area contributed by atoms with Gasteiger partial charge < -0.3 is 10.2 Å². The summed E-state index contributed by atoms with van der Waals surface area (Å²) in [5.74, 6) is 3.38. The largest absolute Gasteiger partial charge is 0.366 e. The summed E-state index contributed by atoms with van der Waals surface area (Å²) in [5, 5.41) is 8.02. The molecule has 134 valence electrons. The Balaban J connectivity index is 1.67. The van der Waals surface area contributed by atoms with Crippen LogP contribution in [0.1, 0.15) is 25.8 Å². The minimum atomic E-state index is 0.689. The number of hydrogen-bond donors (Lipinski definition) is 1. The van der Waals surface area contributed by atoms with Gasteiger partial charge in [0.25, 0.3) is 0 Å². The maximum absolute atomic E-state index is 4.92. The number of piperidine rings is 1. The van der Waals surface area contributed by atoms with Crippen molar-refractivity contribution in [3.8, 4) is 0 Å². The highest BCUT2D eigenvalue weighted by Gasteiger charge is 2.24. The van der Waals surface area contributed by atoms with Crippen molar-refractivity contribution in [3.05, 3.63) is 42.4 Å². The van der Waals surface area contributed by atoms with Gasteiger partial charge in [0, 0.05) is 44.3 Å². The molecule has 26 heavy (non-hydrogen) atoms. The predicted molar refractivity (Wildman–Crippen MR) is 108 cm³/mol. The maximum atomic E-state index is 4.92. The van der Waals surface area contributed by atoms with Gasteiger partial charge in [-0.1, -0.05) is 19.9 Å². The molecule has 1 fully saturated rings. The smallest absolute Gasteiger partial charge is 0.153 e. The summed E-state index contributed by atoms with van der Waals surface area (Å²) in [7, 11) is 2.06. The van der Waals surface area contributed by atoms with Crippen molar-refractivity contribution in [2.75, 3.05) is 23.3 Å². The molecule has 1 saturated heterocycles. The average molecular weight is 348 g/mol. The van der Waals surface area contributed by atoms with Gasteiger partial charge in [-0.05, 0) is 35.3 Å². The van der Waals surface area contributed by atoms with Crippen molar-refractivity contribution in [2.45, 2.75) is 26.8 Å². The molecular formula is C19H25BN6. The van der Waals surface area contributed by atoms with Crippen LogP contribution in [0.4, 0.5) is 11.6 Å². The first kappa shape index (κ1) is 16.9. The quantitative estimate of drug-likeness (QED) is 0.724. The predicted octanol–water partition coefficient (Wildman–Crippen LogP) is 1.48. The molecule has 0 spiro atoms. The lowest BCUT2D eigenvalue weighted by molar-refractivity contribution is 0.355. The van der Waals surface area contributed by atoms with Gasteiger partial charge in [-0.2, -0.15) is 9.61 Å². The number of fused-ring (bicyclic) bond motifs is 1. The second-order valence-electron chi connectivity index (χ2n) is 7.63. The highest BCUT2D eigenvalue weighted by Crippen LogP contribution is 2.27. The van der Waals surface area contributed by atoms with Crippen LogP contribution in [-0.4, -0.2) is 40.5 Å². The van der Waals surface area contributed by atoms with Gasteiger partial charge in [-0.15, -0.1) is 0 Å². The van der Waals surface area contributed by atoms with Gasteiger partial charge in [0.1, 0.15) is 19.5 Å². The summed E-state index contributed by atoms with van der Waals surface area (Å²) in [6, 6.07) is 6.15. The molecule has 3 aromatic rings. The van der Waals surface area contributed by atoms with Gasteiger partial charge in [0.15, 0.2) is 5.65 Å². The Morgan fingerprint density at radius 1 is 1.23 bits per heavy atom. The molecule has 0 aliphatic carbocycles. The third kappa shape index (κ3) is 3.38. The fourth-order valence-corrected chi connectivity index (χ4v) is 3.89. The van der Waals surface area contributed by atoms with E-state index in [1.54, 1.807) is 6.20 Å². The lowest BCUT2D eigenvalue weighted by Gasteiger charge is -2.36. The van der Waals surface area contributed by atoms with E-state index in [1.807, 2.05) is 23.0 Å². The van der Waals surface area contributed by atoms with Gasteiger partial charge in [0.05, 0.1) is 0 Å². The summed E-state index contributed by atoms with van der Waals surface area (Å²) in [5.41, 5.74) is 3.15. The zero-order valence-corrected chi connectivity index (χ0v) is 15.7. The third-order valence-electron chi connectivity index (χ3n) is 5.02. The van der Waals surface area contributed by atoms with Crippen molar-refractivity contribution in [3.63, 3.8) is 0 Å². The monoisotopic (exact) mass is 348 g/mol. The summed E-state index contributed by atoms with van der Waals surface area (Å²) in [6.45, 7) is 7.48. The van der Waals surface area contributed by atoms with Crippen LogP contribution in [0.3, 0.4) is 0 Å². The summed E-state index contributed by atoms with van der Waals surface area (Å²) in [4.78, 5) is 11.5. The minimum absolute atomic E-state index is 0.689. The molecule has 6 nitrogen and oxygen atoms in total.